The highest BCUT2D eigenvalue weighted by Crippen LogP contribution is 2.26. The van der Waals surface area contributed by atoms with Gasteiger partial charge in [-0.15, -0.1) is 0 Å². The highest BCUT2D eigenvalue weighted by molar-refractivity contribution is 9.10. The Morgan fingerprint density at radius 1 is 1.20 bits per heavy atom. The number of benzene rings is 2. The van der Waals surface area contributed by atoms with Crippen molar-refractivity contribution >= 4 is 21.6 Å². The molecule has 2 aromatic rings. The van der Waals surface area contributed by atoms with E-state index < -0.39 is 4.92 Å². The predicted octanol–water partition coefficient (Wildman–Crippen LogP) is 3.40. The first kappa shape index (κ1) is 14.5. The van der Waals surface area contributed by atoms with Crippen LogP contribution in [-0.2, 0) is 13.2 Å². The van der Waals surface area contributed by atoms with Gasteiger partial charge in [0.25, 0.3) is 5.69 Å². The van der Waals surface area contributed by atoms with Gasteiger partial charge in [-0.25, -0.2) is 0 Å². The molecule has 0 radical (unpaired) electrons. The number of hydrogen-bond acceptors (Lipinski definition) is 4. The van der Waals surface area contributed by atoms with Crippen LogP contribution < -0.4 is 10.5 Å². The van der Waals surface area contributed by atoms with Crippen LogP contribution in [0.4, 0.5) is 5.69 Å². The lowest BCUT2D eigenvalue weighted by Gasteiger charge is -2.10. The SMILES string of the molecule is NCc1ccccc1OCc1ccc(Br)cc1[N+](=O)[O-]. The van der Waals surface area contributed by atoms with Crippen LogP contribution in [0.15, 0.2) is 46.9 Å². The van der Waals surface area contributed by atoms with Gasteiger partial charge in [-0.2, -0.15) is 0 Å². The van der Waals surface area contributed by atoms with Crippen molar-refractivity contribution in [2.75, 3.05) is 0 Å². The molecule has 0 aliphatic carbocycles. The van der Waals surface area contributed by atoms with E-state index in [9.17, 15) is 10.1 Å². The van der Waals surface area contributed by atoms with Crippen molar-refractivity contribution in [3.8, 4) is 5.75 Å². The highest BCUT2D eigenvalue weighted by atomic mass is 79.9. The standard InChI is InChI=1S/C14H13BrN2O3/c15-12-6-5-11(13(7-12)17(18)19)9-20-14-4-2-1-3-10(14)8-16/h1-7H,8-9,16H2. The molecule has 2 rings (SSSR count). The molecule has 0 aromatic heterocycles. The Hall–Kier alpha value is -1.92. The molecule has 0 fully saturated rings. The Labute approximate surface area is 124 Å². The summed E-state index contributed by atoms with van der Waals surface area (Å²) in [6, 6.07) is 12.3. The van der Waals surface area contributed by atoms with Crippen molar-refractivity contribution in [3.63, 3.8) is 0 Å². The van der Waals surface area contributed by atoms with Crippen molar-refractivity contribution in [2.45, 2.75) is 13.2 Å². The number of nitro benzene ring substituents is 1. The molecule has 0 spiro atoms. The van der Waals surface area contributed by atoms with Crippen LogP contribution in [0.25, 0.3) is 0 Å². The third kappa shape index (κ3) is 3.34. The predicted molar refractivity (Wildman–Crippen MR) is 79.5 cm³/mol. The van der Waals surface area contributed by atoms with Gasteiger partial charge in [0.2, 0.25) is 0 Å². The number of para-hydroxylation sites is 1. The smallest absolute Gasteiger partial charge is 0.277 e. The molecule has 6 heteroatoms. The van der Waals surface area contributed by atoms with Gasteiger partial charge >= 0.3 is 0 Å². The Kier molecular flexibility index (Phi) is 4.70. The maximum atomic E-state index is 11.0. The van der Waals surface area contributed by atoms with Crippen molar-refractivity contribution in [1.29, 1.82) is 0 Å². The number of rotatable bonds is 5. The lowest BCUT2D eigenvalue weighted by molar-refractivity contribution is -0.385. The maximum Gasteiger partial charge on any atom is 0.277 e. The molecule has 0 unspecified atom stereocenters. The summed E-state index contributed by atoms with van der Waals surface area (Å²) in [6.45, 7) is 0.485. The fourth-order valence-corrected chi connectivity index (χ4v) is 2.15. The first-order valence-electron chi connectivity index (χ1n) is 5.95. The molecule has 0 saturated carbocycles. The molecule has 0 atom stereocenters. The minimum atomic E-state index is -0.418. The van der Waals surface area contributed by atoms with Crippen LogP contribution in [0, 0.1) is 10.1 Å². The molecule has 0 heterocycles. The van der Waals surface area contributed by atoms with Gasteiger partial charge in [0, 0.05) is 22.6 Å². The second-order valence-corrected chi connectivity index (χ2v) is 5.05. The fourth-order valence-electron chi connectivity index (χ4n) is 1.80. The molecular weight excluding hydrogens is 324 g/mol. The summed E-state index contributed by atoms with van der Waals surface area (Å²) in [5, 5.41) is 11.0. The largest absolute Gasteiger partial charge is 0.488 e. The highest BCUT2D eigenvalue weighted by Gasteiger charge is 2.15. The lowest BCUT2D eigenvalue weighted by atomic mass is 10.2. The summed E-state index contributed by atoms with van der Waals surface area (Å²) in [7, 11) is 0. The average Bonchev–Trinajstić information content (AvgIpc) is 2.46. The molecular formula is C14H13BrN2O3. The topological polar surface area (TPSA) is 78.4 Å². The quantitative estimate of drug-likeness (QED) is 0.670. The third-order valence-corrected chi connectivity index (χ3v) is 3.31. The molecule has 20 heavy (non-hydrogen) atoms. The first-order chi connectivity index (χ1) is 9.61. The van der Waals surface area contributed by atoms with Crippen molar-refractivity contribution in [1.82, 2.24) is 0 Å². The summed E-state index contributed by atoms with van der Waals surface area (Å²) >= 11 is 3.22. The molecule has 0 aliphatic rings. The monoisotopic (exact) mass is 336 g/mol. The number of nitrogens with two attached hydrogens (primary N) is 1. The van der Waals surface area contributed by atoms with Gasteiger partial charge in [0.15, 0.2) is 0 Å². The van der Waals surface area contributed by atoms with Gasteiger partial charge in [0.1, 0.15) is 12.4 Å². The number of nitrogens with zero attached hydrogens (tertiary/aromatic N) is 1. The summed E-state index contributed by atoms with van der Waals surface area (Å²) in [5.41, 5.74) is 7.04. The third-order valence-electron chi connectivity index (χ3n) is 2.82. The summed E-state index contributed by atoms with van der Waals surface area (Å²) in [5.74, 6) is 0.646. The van der Waals surface area contributed by atoms with Crippen LogP contribution in [0.5, 0.6) is 5.75 Å². The van der Waals surface area contributed by atoms with Crippen LogP contribution in [-0.4, -0.2) is 4.92 Å². The molecule has 2 aromatic carbocycles. The van der Waals surface area contributed by atoms with E-state index in [1.165, 1.54) is 6.07 Å². The molecule has 5 nitrogen and oxygen atoms in total. The van der Waals surface area contributed by atoms with E-state index in [-0.39, 0.29) is 12.3 Å². The molecule has 2 N–H and O–H groups in total. The summed E-state index contributed by atoms with van der Waals surface area (Å²) in [4.78, 5) is 10.6. The van der Waals surface area contributed by atoms with E-state index in [0.717, 1.165) is 5.56 Å². The van der Waals surface area contributed by atoms with Crippen LogP contribution in [0.3, 0.4) is 0 Å². The minimum absolute atomic E-state index is 0.0320. The van der Waals surface area contributed by atoms with Crippen LogP contribution in [0.1, 0.15) is 11.1 Å². The number of hydrogen-bond donors (Lipinski definition) is 1. The molecule has 0 bridgehead atoms. The zero-order chi connectivity index (χ0) is 14.5. The van der Waals surface area contributed by atoms with E-state index in [2.05, 4.69) is 15.9 Å². The first-order valence-corrected chi connectivity index (χ1v) is 6.74. The van der Waals surface area contributed by atoms with Crippen molar-refractivity contribution in [3.05, 3.63) is 68.2 Å². The van der Waals surface area contributed by atoms with E-state index in [1.54, 1.807) is 18.2 Å². The fraction of sp³-hybridized carbons (Fsp3) is 0.143. The summed E-state index contributed by atoms with van der Waals surface area (Å²) in [6.07, 6.45) is 0. The van der Waals surface area contributed by atoms with E-state index >= 15 is 0 Å². The van der Waals surface area contributed by atoms with Gasteiger partial charge < -0.3 is 10.5 Å². The van der Waals surface area contributed by atoms with E-state index in [4.69, 9.17) is 10.5 Å². The lowest BCUT2D eigenvalue weighted by Crippen LogP contribution is -2.04. The second-order valence-electron chi connectivity index (χ2n) is 4.13. The van der Waals surface area contributed by atoms with Crippen molar-refractivity contribution < 1.29 is 9.66 Å². The Balaban J connectivity index is 2.21. The molecule has 0 amide bonds. The van der Waals surface area contributed by atoms with E-state index in [1.807, 2.05) is 18.2 Å². The minimum Gasteiger partial charge on any atom is -0.488 e. The number of ether oxygens (including phenoxy) is 1. The van der Waals surface area contributed by atoms with Crippen molar-refractivity contribution in [2.24, 2.45) is 5.73 Å². The molecule has 0 saturated heterocycles. The summed E-state index contributed by atoms with van der Waals surface area (Å²) < 4.78 is 6.31. The Morgan fingerprint density at radius 3 is 2.65 bits per heavy atom. The zero-order valence-corrected chi connectivity index (χ0v) is 12.2. The average molecular weight is 337 g/mol. The van der Waals surface area contributed by atoms with Gasteiger partial charge in [-0.05, 0) is 18.2 Å². The van der Waals surface area contributed by atoms with Crippen LogP contribution >= 0.6 is 15.9 Å². The Morgan fingerprint density at radius 2 is 1.95 bits per heavy atom. The van der Waals surface area contributed by atoms with E-state index in [0.29, 0.717) is 22.3 Å². The normalized spacial score (nSPS) is 10.3. The van der Waals surface area contributed by atoms with Gasteiger partial charge in [-0.1, -0.05) is 34.1 Å². The van der Waals surface area contributed by atoms with Crippen LogP contribution in [0.2, 0.25) is 0 Å². The number of halogens is 1. The molecule has 104 valence electrons. The second kappa shape index (κ2) is 6.49. The zero-order valence-electron chi connectivity index (χ0n) is 10.6. The maximum absolute atomic E-state index is 11.0. The Bertz CT molecular complexity index is 632. The van der Waals surface area contributed by atoms with Gasteiger partial charge in [0.05, 0.1) is 10.5 Å². The molecule has 0 aliphatic heterocycles. The van der Waals surface area contributed by atoms with Gasteiger partial charge in [-0.3, -0.25) is 10.1 Å². The number of nitro groups is 1.